The third kappa shape index (κ3) is 7.07. The normalized spacial score (nSPS) is 13.1. The molecular formula is C9H17NO4S. The molecule has 0 rings (SSSR count). The molecule has 0 radical (unpaired) electrons. The van der Waals surface area contributed by atoms with Crippen molar-refractivity contribution < 1.29 is 19.4 Å². The molecule has 0 bridgehead atoms. The number of carbonyl (C=O) groups excluding carboxylic acids is 1. The van der Waals surface area contributed by atoms with Crippen molar-refractivity contribution in [2.75, 3.05) is 12.0 Å². The lowest BCUT2D eigenvalue weighted by Gasteiger charge is -2.21. The number of carboxylic acids is 1. The van der Waals surface area contributed by atoms with Gasteiger partial charge >= 0.3 is 12.1 Å². The summed E-state index contributed by atoms with van der Waals surface area (Å²) in [5.41, 5.74) is -0.619. The zero-order valence-electron chi connectivity index (χ0n) is 9.36. The zero-order chi connectivity index (χ0) is 12.1. The summed E-state index contributed by atoms with van der Waals surface area (Å²) in [5, 5.41) is 11.1. The van der Waals surface area contributed by atoms with E-state index in [1.165, 1.54) is 11.8 Å². The van der Waals surface area contributed by atoms with E-state index in [0.29, 0.717) is 5.75 Å². The fourth-order valence-electron chi connectivity index (χ4n) is 0.791. The van der Waals surface area contributed by atoms with Gasteiger partial charge in [0.2, 0.25) is 0 Å². The molecule has 0 spiro atoms. The Morgan fingerprint density at radius 1 is 1.47 bits per heavy atom. The van der Waals surface area contributed by atoms with Gasteiger partial charge in [-0.15, -0.1) is 0 Å². The Bertz CT molecular complexity index is 237. The maximum atomic E-state index is 11.2. The monoisotopic (exact) mass is 235 g/mol. The van der Waals surface area contributed by atoms with E-state index in [2.05, 4.69) is 5.32 Å². The highest BCUT2D eigenvalue weighted by Crippen LogP contribution is 2.07. The second-order valence-corrected chi connectivity index (χ2v) is 4.90. The average Bonchev–Trinajstić information content (AvgIpc) is 1.99. The van der Waals surface area contributed by atoms with Crippen LogP contribution in [0.4, 0.5) is 4.79 Å². The molecule has 2 N–H and O–H groups in total. The first kappa shape index (κ1) is 14.1. The molecule has 0 aliphatic carbocycles. The largest absolute Gasteiger partial charge is 0.480 e. The van der Waals surface area contributed by atoms with Gasteiger partial charge < -0.3 is 15.2 Å². The lowest BCUT2D eigenvalue weighted by molar-refractivity contribution is -0.138. The average molecular weight is 235 g/mol. The van der Waals surface area contributed by atoms with Crippen molar-refractivity contribution in [1.29, 1.82) is 0 Å². The highest BCUT2D eigenvalue weighted by molar-refractivity contribution is 7.98. The second kappa shape index (κ2) is 5.85. The molecule has 1 atom stereocenters. The second-order valence-electron chi connectivity index (χ2n) is 3.99. The molecule has 0 saturated heterocycles. The molecule has 0 unspecified atom stereocenters. The Hall–Kier alpha value is -0.910. The number of aliphatic carboxylic acids is 1. The molecule has 0 aliphatic heterocycles. The van der Waals surface area contributed by atoms with Gasteiger partial charge in [0.25, 0.3) is 0 Å². The maximum absolute atomic E-state index is 11.2. The van der Waals surface area contributed by atoms with Crippen LogP contribution in [0, 0.1) is 0 Å². The smallest absolute Gasteiger partial charge is 0.408 e. The standard InChI is InChI=1S/C9H17NO4S/c1-9(2,3)14-8(13)10-6(5-15-4)7(11)12/h6H,5H2,1-4H3,(H,10,13)(H,11,12)/t6-/m0/s1. The molecule has 0 fully saturated rings. The van der Waals surface area contributed by atoms with Gasteiger partial charge in [-0.1, -0.05) is 0 Å². The molecule has 0 aromatic rings. The van der Waals surface area contributed by atoms with E-state index in [1.807, 2.05) is 0 Å². The number of alkyl carbamates (subject to hydrolysis) is 1. The maximum Gasteiger partial charge on any atom is 0.408 e. The van der Waals surface area contributed by atoms with Gasteiger partial charge in [-0.3, -0.25) is 0 Å². The van der Waals surface area contributed by atoms with Crippen LogP contribution in [0.3, 0.4) is 0 Å². The van der Waals surface area contributed by atoms with Crippen LogP contribution in [0.5, 0.6) is 0 Å². The van der Waals surface area contributed by atoms with E-state index < -0.39 is 23.7 Å². The predicted molar refractivity (Wildman–Crippen MR) is 59.2 cm³/mol. The van der Waals surface area contributed by atoms with Crippen molar-refractivity contribution in [3.63, 3.8) is 0 Å². The lowest BCUT2D eigenvalue weighted by Crippen LogP contribution is -2.44. The summed E-state index contributed by atoms with van der Waals surface area (Å²) in [5.74, 6) is -0.746. The number of nitrogens with one attached hydrogen (secondary N) is 1. The van der Waals surface area contributed by atoms with Crippen molar-refractivity contribution in [1.82, 2.24) is 5.32 Å². The van der Waals surface area contributed by atoms with Gasteiger partial charge in [0.15, 0.2) is 0 Å². The van der Waals surface area contributed by atoms with Gasteiger partial charge in [-0.2, -0.15) is 11.8 Å². The van der Waals surface area contributed by atoms with Crippen LogP contribution in [0.1, 0.15) is 20.8 Å². The molecule has 0 aliphatic rings. The minimum Gasteiger partial charge on any atom is -0.480 e. The quantitative estimate of drug-likeness (QED) is 0.768. The van der Waals surface area contributed by atoms with Crippen molar-refractivity contribution in [3.05, 3.63) is 0 Å². The van der Waals surface area contributed by atoms with Crippen molar-refractivity contribution in [3.8, 4) is 0 Å². The van der Waals surface area contributed by atoms with Gasteiger partial charge in [0, 0.05) is 5.75 Å². The number of carboxylic acid groups (broad SMARTS) is 1. The van der Waals surface area contributed by atoms with E-state index in [1.54, 1.807) is 27.0 Å². The first-order chi connectivity index (χ1) is 6.76. The predicted octanol–water partition coefficient (Wildman–Crippen LogP) is 1.33. The van der Waals surface area contributed by atoms with Crippen LogP contribution in [0.2, 0.25) is 0 Å². The summed E-state index contributed by atoms with van der Waals surface area (Å²) in [4.78, 5) is 21.9. The summed E-state index contributed by atoms with van der Waals surface area (Å²) < 4.78 is 4.94. The van der Waals surface area contributed by atoms with Gasteiger partial charge in [0.1, 0.15) is 11.6 Å². The topological polar surface area (TPSA) is 75.6 Å². The van der Waals surface area contributed by atoms with Gasteiger partial charge in [0.05, 0.1) is 0 Å². The molecule has 0 saturated carbocycles. The van der Waals surface area contributed by atoms with Crippen LogP contribution in [0.15, 0.2) is 0 Å². The van der Waals surface area contributed by atoms with Crippen molar-refractivity contribution in [2.24, 2.45) is 0 Å². The fraction of sp³-hybridized carbons (Fsp3) is 0.778. The molecule has 0 aromatic carbocycles. The molecular weight excluding hydrogens is 218 g/mol. The number of hydrogen-bond donors (Lipinski definition) is 2. The molecule has 6 heteroatoms. The zero-order valence-corrected chi connectivity index (χ0v) is 10.2. The van der Waals surface area contributed by atoms with Crippen LogP contribution in [-0.4, -0.2) is 40.8 Å². The number of ether oxygens (including phenoxy) is 1. The van der Waals surface area contributed by atoms with Crippen LogP contribution in [-0.2, 0) is 9.53 Å². The summed E-state index contributed by atoms with van der Waals surface area (Å²) in [6, 6.07) is -0.908. The molecule has 88 valence electrons. The number of hydrogen-bond acceptors (Lipinski definition) is 4. The van der Waals surface area contributed by atoms with E-state index in [4.69, 9.17) is 9.84 Å². The Morgan fingerprint density at radius 2 is 2.00 bits per heavy atom. The summed E-state index contributed by atoms with van der Waals surface area (Å²) >= 11 is 1.35. The fourth-order valence-corrected chi connectivity index (χ4v) is 1.35. The molecule has 5 nitrogen and oxygen atoms in total. The molecule has 0 heterocycles. The number of amides is 1. The van der Waals surface area contributed by atoms with Gasteiger partial charge in [-0.25, -0.2) is 9.59 Å². The van der Waals surface area contributed by atoms with E-state index in [9.17, 15) is 9.59 Å². The summed E-state index contributed by atoms with van der Waals surface area (Å²) in [6.07, 6.45) is 1.07. The van der Waals surface area contributed by atoms with E-state index in [-0.39, 0.29) is 0 Å². The molecule has 0 aromatic heterocycles. The van der Waals surface area contributed by atoms with Crippen molar-refractivity contribution in [2.45, 2.75) is 32.4 Å². The third-order valence-electron chi connectivity index (χ3n) is 1.32. The minimum absolute atomic E-state index is 0.314. The Morgan fingerprint density at radius 3 is 2.33 bits per heavy atom. The van der Waals surface area contributed by atoms with Crippen LogP contribution in [0.25, 0.3) is 0 Å². The van der Waals surface area contributed by atoms with Crippen LogP contribution < -0.4 is 5.32 Å². The first-order valence-corrected chi connectivity index (χ1v) is 5.87. The number of rotatable bonds is 4. The van der Waals surface area contributed by atoms with Crippen molar-refractivity contribution >= 4 is 23.8 Å². The highest BCUT2D eigenvalue weighted by Gasteiger charge is 2.23. The summed E-state index contributed by atoms with van der Waals surface area (Å²) in [7, 11) is 0. The highest BCUT2D eigenvalue weighted by atomic mass is 32.2. The SMILES string of the molecule is CSC[C@H](NC(=O)OC(C)(C)C)C(=O)O. The molecule has 1 amide bonds. The Labute approximate surface area is 93.6 Å². The number of carbonyl (C=O) groups is 2. The van der Waals surface area contributed by atoms with Crippen LogP contribution >= 0.6 is 11.8 Å². The van der Waals surface area contributed by atoms with Gasteiger partial charge in [-0.05, 0) is 27.0 Å². The molecule has 15 heavy (non-hydrogen) atoms. The summed E-state index contributed by atoms with van der Waals surface area (Å²) in [6.45, 7) is 5.16. The van der Waals surface area contributed by atoms with E-state index in [0.717, 1.165) is 0 Å². The Kier molecular flexibility index (Phi) is 5.49. The van der Waals surface area contributed by atoms with E-state index >= 15 is 0 Å². The lowest BCUT2D eigenvalue weighted by atomic mass is 10.2. The third-order valence-corrected chi connectivity index (χ3v) is 1.99. The first-order valence-electron chi connectivity index (χ1n) is 4.47. The minimum atomic E-state index is -1.06. The number of thioether (sulfide) groups is 1. The Balaban J connectivity index is 4.18.